The number of ether oxygens (including phenoxy) is 2. The van der Waals surface area contributed by atoms with E-state index in [1.807, 2.05) is 6.07 Å². The van der Waals surface area contributed by atoms with Crippen LogP contribution in [0, 0.1) is 0 Å². The quantitative estimate of drug-likeness (QED) is 0.906. The van der Waals surface area contributed by atoms with Crippen LogP contribution in [-0.4, -0.2) is 26.4 Å². The van der Waals surface area contributed by atoms with Crippen molar-refractivity contribution in [2.24, 2.45) is 0 Å². The molecule has 106 valence electrons. The average molecular weight is 271 g/mol. The molecule has 0 saturated carbocycles. The van der Waals surface area contributed by atoms with Crippen LogP contribution in [-0.2, 0) is 11.3 Å². The number of fused-ring (bicyclic) bond motifs is 1. The van der Waals surface area contributed by atoms with Crippen molar-refractivity contribution in [1.29, 1.82) is 0 Å². The van der Waals surface area contributed by atoms with Gasteiger partial charge in [0.15, 0.2) is 0 Å². The molecule has 0 amide bonds. The number of benzene rings is 2. The van der Waals surface area contributed by atoms with Gasteiger partial charge >= 0.3 is 0 Å². The molecule has 2 aromatic rings. The third-order valence-electron chi connectivity index (χ3n) is 3.92. The molecule has 3 rings (SSSR count). The highest BCUT2D eigenvalue weighted by Crippen LogP contribution is 2.27. The zero-order valence-electron chi connectivity index (χ0n) is 11.9. The Kier molecular flexibility index (Phi) is 4.19. The molecule has 1 N–H and O–H groups in total. The zero-order valence-corrected chi connectivity index (χ0v) is 11.9. The lowest BCUT2D eigenvalue weighted by Crippen LogP contribution is -2.26. The lowest BCUT2D eigenvalue weighted by molar-refractivity contribution is 0.110. The van der Waals surface area contributed by atoms with Crippen LogP contribution in [0.1, 0.15) is 18.4 Å². The minimum atomic E-state index is 0.371. The maximum Gasteiger partial charge on any atom is 0.123 e. The SMILES string of the molecule is COc1ccc2ccccc2c1CNCC1CCCO1. The smallest absolute Gasteiger partial charge is 0.123 e. The third kappa shape index (κ3) is 2.79. The molecule has 0 radical (unpaired) electrons. The van der Waals surface area contributed by atoms with Crippen LogP contribution in [0.3, 0.4) is 0 Å². The second-order valence-corrected chi connectivity index (χ2v) is 5.23. The third-order valence-corrected chi connectivity index (χ3v) is 3.92. The van der Waals surface area contributed by atoms with E-state index in [0.717, 1.165) is 25.4 Å². The van der Waals surface area contributed by atoms with Gasteiger partial charge in [-0.1, -0.05) is 30.3 Å². The van der Waals surface area contributed by atoms with Crippen molar-refractivity contribution in [2.75, 3.05) is 20.3 Å². The Morgan fingerprint density at radius 1 is 1.25 bits per heavy atom. The first-order chi connectivity index (χ1) is 9.88. The van der Waals surface area contributed by atoms with Crippen molar-refractivity contribution in [2.45, 2.75) is 25.5 Å². The zero-order chi connectivity index (χ0) is 13.8. The van der Waals surface area contributed by atoms with E-state index in [9.17, 15) is 0 Å². The molecule has 1 heterocycles. The molecular formula is C17H21NO2. The predicted octanol–water partition coefficient (Wildman–Crippen LogP) is 3.12. The standard InChI is InChI=1S/C17H21NO2/c1-19-17-9-8-13-5-2-3-7-15(13)16(17)12-18-11-14-6-4-10-20-14/h2-3,5,7-9,14,18H,4,6,10-12H2,1H3. The molecule has 1 fully saturated rings. The Labute approximate surface area is 119 Å². The highest BCUT2D eigenvalue weighted by Gasteiger charge is 2.15. The summed E-state index contributed by atoms with van der Waals surface area (Å²) in [7, 11) is 1.73. The van der Waals surface area contributed by atoms with E-state index < -0.39 is 0 Å². The Morgan fingerprint density at radius 3 is 2.95 bits per heavy atom. The van der Waals surface area contributed by atoms with Crippen LogP contribution in [0.2, 0.25) is 0 Å². The Hall–Kier alpha value is -1.58. The van der Waals surface area contributed by atoms with Crippen molar-refractivity contribution in [1.82, 2.24) is 5.32 Å². The van der Waals surface area contributed by atoms with E-state index in [2.05, 4.69) is 35.6 Å². The van der Waals surface area contributed by atoms with Crippen LogP contribution < -0.4 is 10.1 Å². The monoisotopic (exact) mass is 271 g/mol. The molecule has 0 aliphatic carbocycles. The Bertz CT molecular complexity index is 576. The molecule has 1 atom stereocenters. The number of rotatable bonds is 5. The van der Waals surface area contributed by atoms with Crippen molar-refractivity contribution in [3.05, 3.63) is 42.0 Å². The van der Waals surface area contributed by atoms with Crippen molar-refractivity contribution in [3.8, 4) is 5.75 Å². The minimum Gasteiger partial charge on any atom is -0.496 e. The van der Waals surface area contributed by atoms with Crippen molar-refractivity contribution in [3.63, 3.8) is 0 Å². The normalized spacial score (nSPS) is 18.6. The molecule has 1 aliphatic rings. The fraction of sp³-hybridized carbons (Fsp3) is 0.412. The summed E-state index contributed by atoms with van der Waals surface area (Å²) in [6.45, 7) is 2.63. The molecule has 1 saturated heterocycles. The molecule has 0 bridgehead atoms. The van der Waals surface area contributed by atoms with E-state index >= 15 is 0 Å². The van der Waals surface area contributed by atoms with Crippen molar-refractivity contribution >= 4 is 10.8 Å². The second kappa shape index (κ2) is 6.25. The summed E-state index contributed by atoms with van der Waals surface area (Å²) in [4.78, 5) is 0. The number of hydrogen-bond acceptors (Lipinski definition) is 3. The predicted molar refractivity (Wildman–Crippen MR) is 81.2 cm³/mol. The van der Waals surface area contributed by atoms with E-state index in [1.165, 1.54) is 29.2 Å². The molecular weight excluding hydrogens is 250 g/mol. The van der Waals surface area contributed by atoms with Crippen LogP contribution in [0.4, 0.5) is 0 Å². The number of methoxy groups -OCH3 is 1. The molecule has 3 heteroatoms. The van der Waals surface area contributed by atoms with Crippen LogP contribution in [0.5, 0.6) is 5.75 Å². The molecule has 20 heavy (non-hydrogen) atoms. The summed E-state index contributed by atoms with van der Waals surface area (Å²) in [5.41, 5.74) is 1.23. The number of hydrogen-bond donors (Lipinski definition) is 1. The van der Waals surface area contributed by atoms with Gasteiger partial charge in [0.05, 0.1) is 13.2 Å². The molecule has 1 unspecified atom stereocenters. The second-order valence-electron chi connectivity index (χ2n) is 5.23. The van der Waals surface area contributed by atoms with Gasteiger partial charge in [-0.15, -0.1) is 0 Å². The van der Waals surface area contributed by atoms with Crippen LogP contribution >= 0.6 is 0 Å². The Balaban J connectivity index is 1.77. The van der Waals surface area contributed by atoms with Gasteiger partial charge in [0.25, 0.3) is 0 Å². The summed E-state index contributed by atoms with van der Waals surface area (Å²) in [6, 6.07) is 12.6. The summed E-state index contributed by atoms with van der Waals surface area (Å²) in [5.74, 6) is 0.948. The van der Waals surface area contributed by atoms with E-state index in [1.54, 1.807) is 7.11 Å². The average Bonchev–Trinajstić information content (AvgIpc) is 3.00. The van der Waals surface area contributed by atoms with Gasteiger partial charge in [-0.25, -0.2) is 0 Å². The fourth-order valence-electron chi connectivity index (χ4n) is 2.85. The molecule has 0 aromatic heterocycles. The van der Waals surface area contributed by atoms with E-state index in [0.29, 0.717) is 6.10 Å². The molecule has 1 aliphatic heterocycles. The molecule has 3 nitrogen and oxygen atoms in total. The fourth-order valence-corrected chi connectivity index (χ4v) is 2.85. The number of nitrogens with one attached hydrogen (secondary N) is 1. The van der Waals surface area contributed by atoms with E-state index in [-0.39, 0.29) is 0 Å². The van der Waals surface area contributed by atoms with Crippen LogP contribution in [0.15, 0.2) is 36.4 Å². The van der Waals surface area contributed by atoms with Gasteiger partial charge in [-0.05, 0) is 29.7 Å². The first-order valence-corrected chi connectivity index (χ1v) is 7.25. The van der Waals surface area contributed by atoms with Crippen LogP contribution in [0.25, 0.3) is 10.8 Å². The summed E-state index contributed by atoms with van der Waals surface area (Å²) in [6.07, 6.45) is 2.72. The first kappa shape index (κ1) is 13.4. The highest BCUT2D eigenvalue weighted by atomic mass is 16.5. The maximum absolute atomic E-state index is 5.64. The summed E-state index contributed by atoms with van der Waals surface area (Å²) >= 11 is 0. The van der Waals surface area contributed by atoms with Gasteiger partial charge < -0.3 is 14.8 Å². The molecule has 0 spiro atoms. The lowest BCUT2D eigenvalue weighted by Gasteiger charge is -2.15. The topological polar surface area (TPSA) is 30.5 Å². The summed E-state index contributed by atoms with van der Waals surface area (Å²) in [5, 5.41) is 6.01. The Morgan fingerprint density at radius 2 is 2.15 bits per heavy atom. The van der Waals surface area contributed by atoms with E-state index in [4.69, 9.17) is 9.47 Å². The maximum atomic E-state index is 5.64. The van der Waals surface area contributed by atoms with Gasteiger partial charge in [0, 0.05) is 25.3 Å². The van der Waals surface area contributed by atoms with Gasteiger partial charge in [-0.2, -0.15) is 0 Å². The van der Waals surface area contributed by atoms with Gasteiger partial charge in [-0.3, -0.25) is 0 Å². The lowest BCUT2D eigenvalue weighted by atomic mass is 10.0. The summed E-state index contributed by atoms with van der Waals surface area (Å²) < 4.78 is 11.1. The molecule has 2 aromatic carbocycles. The van der Waals surface area contributed by atoms with Crippen molar-refractivity contribution < 1.29 is 9.47 Å². The van der Waals surface area contributed by atoms with Gasteiger partial charge in [0.2, 0.25) is 0 Å². The first-order valence-electron chi connectivity index (χ1n) is 7.25. The minimum absolute atomic E-state index is 0.371. The largest absolute Gasteiger partial charge is 0.496 e. The van der Waals surface area contributed by atoms with Gasteiger partial charge in [0.1, 0.15) is 5.75 Å². The highest BCUT2D eigenvalue weighted by molar-refractivity contribution is 5.87.